The summed E-state index contributed by atoms with van der Waals surface area (Å²) < 4.78 is 19.5. The maximum absolute atomic E-state index is 15.3. The normalized spacial score (nSPS) is 16.2. The van der Waals surface area contributed by atoms with Crippen LogP contribution in [0.25, 0.3) is 56.0 Å². The molecule has 188 valence electrons. The number of para-hydroxylation sites is 5. The van der Waals surface area contributed by atoms with Gasteiger partial charge < -0.3 is 4.57 Å². The second-order valence-corrected chi connectivity index (χ2v) is 12.8. The quantitative estimate of drug-likeness (QED) is 0.256. The first-order chi connectivity index (χ1) is 19.7. The molecule has 0 N–H and O–H groups in total. The molecule has 5 aromatic carbocycles. The topological polar surface area (TPSA) is 65.1 Å². The van der Waals surface area contributed by atoms with Crippen LogP contribution in [0, 0.1) is 0 Å². The van der Waals surface area contributed by atoms with Crippen LogP contribution in [0.2, 0.25) is 0 Å². The largest absolute Gasteiger partial charge is 0.308 e. The summed E-state index contributed by atoms with van der Waals surface area (Å²) in [5.74, 6) is 1.38. The highest BCUT2D eigenvalue weighted by atomic mass is 31.2. The van der Waals surface area contributed by atoms with Crippen molar-refractivity contribution in [2.45, 2.75) is 0 Å². The van der Waals surface area contributed by atoms with Crippen LogP contribution in [0.15, 0.2) is 121 Å². The van der Waals surface area contributed by atoms with E-state index in [4.69, 9.17) is 15.0 Å². The van der Waals surface area contributed by atoms with E-state index in [1.165, 1.54) is 0 Å². The van der Waals surface area contributed by atoms with Crippen molar-refractivity contribution in [3.05, 3.63) is 121 Å². The third-order valence-electron chi connectivity index (χ3n) is 7.92. The molecular weight excluding hydrogens is 513 g/mol. The number of benzene rings is 5. The summed E-state index contributed by atoms with van der Waals surface area (Å²) in [4.78, 5) is 15.4. The first-order valence-corrected chi connectivity index (χ1v) is 14.9. The molecule has 1 unspecified atom stereocenters. The van der Waals surface area contributed by atoms with Gasteiger partial charge in [0, 0.05) is 21.3 Å². The molecule has 1 atom stereocenters. The van der Waals surface area contributed by atoms with Gasteiger partial charge in [-0.3, -0.25) is 8.97 Å². The third kappa shape index (κ3) is 2.68. The van der Waals surface area contributed by atoms with Crippen LogP contribution in [0.3, 0.4) is 0 Å². The molecule has 0 amide bonds. The van der Waals surface area contributed by atoms with Crippen LogP contribution >= 0.6 is 7.14 Å². The molecule has 1 aliphatic rings. The minimum Gasteiger partial charge on any atom is -0.308 e. The van der Waals surface area contributed by atoms with Crippen LogP contribution in [0.1, 0.15) is 0 Å². The zero-order valence-corrected chi connectivity index (χ0v) is 22.0. The highest BCUT2D eigenvalue weighted by molar-refractivity contribution is 7.86. The SMILES string of the molecule is O=P1(c2ccccc2)c2ccccc2-n2c(-c3nc4ccccc4c4nc5ccccc5n34)nc3cccc1c32. The fourth-order valence-corrected chi connectivity index (χ4v) is 9.22. The maximum atomic E-state index is 15.3. The lowest BCUT2D eigenvalue weighted by Crippen LogP contribution is -2.33. The van der Waals surface area contributed by atoms with E-state index in [9.17, 15) is 0 Å². The molecule has 9 rings (SSSR count). The predicted octanol–water partition coefficient (Wildman–Crippen LogP) is 5.99. The van der Waals surface area contributed by atoms with Crippen molar-refractivity contribution in [1.82, 2.24) is 23.9 Å². The molecule has 0 bridgehead atoms. The van der Waals surface area contributed by atoms with E-state index in [1.54, 1.807) is 0 Å². The lowest BCUT2D eigenvalue weighted by molar-refractivity contribution is 0.592. The van der Waals surface area contributed by atoms with E-state index >= 15 is 4.57 Å². The van der Waals surface area contributed by atoms with E-state index in [-0.39, 0.29) is 0 Å². The van der Waals surface area contributed by atoms with Crippen LogP contribution in [0.5, 0.6) is 0 Å². The second-order valence-electron chi connectivity index (χ2n) is 10.1. The maximum Gasteiger partial charge on any atom is 0.183 e. The fourth-order valence-electron chi connectivity index (χ4n) is 6.21. The summed E-state index contributed by atoms with van der Waals surface area (Å²) >= 11 is 0. The standard InChI is InChI=1S/C33H20N5OP/c39-40(21-11-2-1-3-12-21)28-19-9-8-18-27(28)37-30-25(16-10-20-29(30)40)36-32(37)33-34-23-14-5-4-13-22(23)31-35-24-15-6-7-17-26(24)38(31)33/h1-20H. The molecule has 3 aromatic heterocycles. The summed E-state index contributed by atoms with van der Waals surface area (Å²) in [6.45, 7) is 0. The van der Waals surface area contributed by atoms with Gasteiger partial charge in [-0.2, -0.15) is 0 Å². The monoisotopic (exact) mass is 533 g/mol. The van der Waals surface area contributed by atoms with Gasteiger partial charge in [-0.1, -0.05) is 72.8 Å². The van der Waals surface area contributed by atoms with Gasteiger partial charge in [0.25, 0.3) is 0 Å². The number of nitrogens with zero attached hydrogens (tertiary/aromatic N) is 5. The van der Waals surface area contributed by atoms with Gasteiger partial charge >= 0.3 is 0 Å². The number of fused-ring (bicyclic) bond motifs is 7. The second kappa shape index (κ2) is 7.75. The van der Waals surface area contributed by atoms with Gasteiger partial charge in [0.2, 0.25) is 0 Å². The van der Waals surface area contributed by atoms with Crippen molar-refractivity contribution in [3.8, 4) is 17.3 Å². The first-order valence-electron chi connectivity index (χ1n) is 13.2. The van der Waals surface area contributed by atoms with Crippen LogP contribution in [-0.2, 0) is 4.57 Å². The Morgan fingerprint density at radius 1 is 0.550 bits per heavy atom. The minimum atomic E-state index is -3.16. The molecule has 0 radical (unpaired) electrons. The van der Waals surface area contributed by atoms with Crippen molar-refractivity contribution >= 4 is 61.7 Å². The van der Waals surface area contributed by atoms with Crippen molar-refractivity contribution in [3.63, 3.8) is 0 Å². The zero-order chi connectivity index (χ0) is 26.4. The number of imidazole rings is 2. The summed E-state index contributed by atoms with van der Waals surface area (Å²) in [6.07, 6.45) is 0. The Balaban J connectivity index is 1.48. The third-order valence-corrected chi connectivity index (χ3v) is 11.0. The Kier molecular flexibility index (Phi) is 4.23. The molecule has 1 aliphatic heterocycles. The zero-order valence-electron chi connectivity index (χ0n) is 21.1. The predicted molar refractivity (Wildman–Crippen MR) is 161 cm³/mol. The van der Waals surface area contributed by atoms with Gasteiger partial charge in [0.1, 0.15) is 5.65 Å². The van der Waals surface area contributed by atoms with E-state index in [1.807, 2.05) is 109 Å². The number of rotatable bonds is 2. The van der Waals surface area contributed by atoms with Gasteiger partial charge in [-0.15, -0.1) is 0 Å². The van der Waals surface area contributed by atoms with Gasteiger partial charge in [-0.05, 0) is 48.5 Å². The Labute approximate surface area is 228 Å². The molecule has 40 heavy (non-hydrogen) atoms. The highest BCUT2D eigenvalue weighted by Crippen LogP contribution is 2.50. The molecule has 4 heterocycles. The van der Waals surface area contributed by atoms with Crippen LogP contribution in [0.4, 0.5) is 0 Å². The molecule has 0 saturated heterocycles. The van der Waals surface area contributed by atoms with Gasteiger partial charge in [-0.25, -0.2) is 15.0 Å². The number of aromatic nitrogens is 5. The molecule has 0 fully saturated rings. The number of hydrogen-bond donors (Lipinski definition) is 0. The average molecular weight is 534 g/mol. The van der Waals surface area contributed by atoms with Crippen LogP contribution in [-0.4, -0.2) is 23.9 Å². The Bertz CT molecular complexity index is 2370. The minimum absolute atomic E-state index is 0.688. The van der Waals surface area contributed by atoms with E-state index in [0.717, 1.165) is 60.2 Å². The smallest absolute Gasteiger partial charge is 0.183 e. The van der Waals surface area contributed by atoms with Gasteiger partial charge in [0.05, 0.1) is 33.3 Å². The molecular formula is C33H20N5OP. The van der Waals surface area contributed by atoms with Crippen molar-refractivity contribution in [2.75, 3.05) is 0 Å². The summed E-state index contributed by atoms with van der Waals surface area (Å²) in [6, 6.07) is 39.9. The lowest BCUT2D eigenvalue weighted by atomic mass is 10.2. The Hall–Kier alpha value is -5.06. The Morgan fingerprint density at radius 2 is 1.23 bits per heavy atom. The molecule has 0 saturated carbocycles. The highest BCUT2D eigenvalue weighted by Gasteiger charge is 2.40. The van der Waals surface area contributed by atoms with Crippen molar-refractivity contribution in [1.29, 1.82) is 0 Å². The Morgan fingerprint density at radius 3 is 2.12 bits per heavy atom. The van der Waals surface area contributed by atoms with Crippen molar-refractivity contribution < 1.29 is 4.57 Å². The molecule has 6 nitrogen and oxygen atoms in total. The summed E-state index contributed by atoms with van der Waals surface area (Å²) in [5, 5.41) is 3.39. The lowest BCUT2D eigenvalue weighted by Gasteiger charge is -2.29. The summed E-state index contributed by atoms with van der Waals surface area (Å²) in [7, 11) is -3.16. The molecule has 0 aliphatic carbocycles. The van der Waals surface area contributed by atoms with E-state index < -0.39 is 7.14 Å². The molecule has 8 aromatic rings. The van der Waals surface area contributed by atoms with Crippen molar-refractivity contribution in [2.24, 2.45) is 0 Å². The molecule has 0 spiro atoms. The van der Waals surface area contributed by atoms with Gasteiger partial charge in [0.15, 0.2) is 18.8 Å². The van der Waals surface area contributed by atoms with Crippen LogP contribution < -0.4 is 15.9 Å². The van der Waals surface area contributed by atoms with E-state index in [0.29, 0.717) is 11.6 Å². The fraction of sp³-hybridized carbons (Fsp3) is 0. The molecule has 7 heteroatoms. The van der Waals surface area contributed by atoms with E-state index in [2.05, 4.69) is 21.1 Å². The average Bonchev–Trinajstić information content (AvgIpc) is 3.60. The first kappa shape index (κ1) is 21.8. The summed E-state index contributed by atoms with van der Waals surface area (Å²) in [5.41, 5.74) is 6.04. The number of hydrogen-bond acceptors (Lipinski definition) is 4.